The predicted octanol–water partition coefficient (Wildman–Crippen LogP) is 2.86. The number of amides is 1. The largest absolute Gasteiger partial charge is 0.493 e. The smallest absolute Gasteiger partial charge is 0.262 e. The summed E-state index contributed by atoms with van der Waals surface area (Å²) in [6, 6.07) is 10.9. The van der Waals surface area contributed by atoms with Crippen molar-refractivity contribution < 1.29 is 23.4 Å². The van der Waals surface area contributed by atoms with E-state index in [1.54, 1.807) is 30.3 Å². The highest BCUT2D eigenvalue weighted by atomic mass is 19.1. The second-order valence-electron chi connectivity index (χ2n) is 4.34. The Morgan fingerprint density at radius 3 is 2.45 bits per heavy atom. The molecular formula is C16H16FNO4. The molecule has 0 fully saturated rings. The highest BCUT2D eigenvalue weighted by molar-refractivity contribution is 5.92. The van der Waals surface area contributed by atoms with Crippen molar-refractivity contribution in [1.82, 2.24) is 0 Å². The first kappa shape index (κ1) is 15.6. The highest BCUT2D eigenvalue weighted by Gasteiger charge is 2.09. The molecule has 2 rings (SSSR count). The van der Waals surface area contributed by atoms with Gasteiger partial charge in [0.05, 0.1) is 14.2 Å². The van der Waals surface area contributed by atoms with Crippen LogP contribution in [0.15, 0.2) is 42.5 Å². The van der Waals surface area contributed by atoms with Gasteiger partial charge in [-0.05, 0) is 24.3 Å². The third-order valence-corrected chi connectivity index (χ3v) is 2.86. The van der Waals surface area contributed by atoms with Crippen molar-refractivity contribution in [2.24, 2.45) is 0 Å². The topological polar surface area (TPSA) is 56.8 Å². The van der Waals surface area contributed by atoms with Gasteiger partial charge in [0.15, 0.2) is 29.7 Å². The monoisotopic (exact) mass is 305 g/mol. The zero-order chi connectivity index (χ0) is 15.9. The molecule has 0 saturated heterocycles. The number of ether oxygens (including phenoxy) is 3. The van der Waals surface area contributed by atoms with E-state index >= 15 is 0 Å². The van der Waals surface area contributed by atoms with Gasteiger partial charge in [0.25, 0.3) is 5.91 Å². The quantitative estimate of drug-likeness (QED) is 0.891. The van der Waals surface area contributed by atoms with Gasteiger partial charge in [0.2, 0.25) is 0 Å². The molecule has 0 unspecified atom stereocenters. The minimum absolute atomic E-state index is 0.0324. The molecule has 0 saturated carbocycles. The highest BCUT2D eigenvalue weighted by Crippen LogP contribution is 2.29. The molecule has 5 nitrogen and oxygen atoms in total. The number of benzene rings is 2. The van der Waals surface area contributed by atoms with Gasteiger partial charge < -0.3 is 19.5 Å². The molecule has 1 amide bonds. The Labute approximate surface area is 127 Å². The van der Waals surface area contributed by atoms with E-state index < -0.39 is 11.7 Å². The normalized spacial score (nSPS) is 9.95. The van der Waals surface area contributed by atoms with Gasteiger partial charge in [-0.15, -0.1) is 0 Å². The van der Waals surface area contributed by atoms with E-state index in [0.717, 1.165) is 0 Å². The van der Waals surface area contributed by atoms with Crippen LogP contribution in [0.4, 0.5) is 10.1 Å². The lowest BCUT2D eigenvalue weighted by molar-refractivity contribution is -0.118. The molecule has 116 valence electrons. The summed E-state index contributed by atoms with van der Waals surface area (Å²) in [5.74, 6) is 0.167. The molecule has 0 aromatic heterocycles. The van der Waals surface area contributed by atoms with Gasteiger partial charge in [-0.3, -0.25) is 4.79 Å². The lowest BCUT2D eigenvalue weighted by atomic mass is 10.2. The number of carbonyl (C=O) groups excluding carboxylic acids is 1. The van der Waals surface area contributed by atoms with Crippen LogP contribution in [0, 0.1) is 5.82 Å². The first-order valence-electron chi connectivity index (χ1n) is 6.53. The minimum atomic E-state index is -0.513. The second kappa shape index (κ2) is 7.31. The number of rotatable bonds is 6. The van der Waals surface area contributed by atoms with E-state index in [0.29, 0.717) is 17.2 Å². The minimum Gasteiger partial charge on any atom is -0.493 e. The summed E-state index contributed by atoms with van der Waals surface area (Å²) < 4.78 is 28.7. The molecule has 0 bridgehead atoms. The van der Waals surface area contributed by atoms with Gasteiger partial charge >= 0.3 is 0 Å². The average molecular weight is 305 g/mol. The summed E-state index contributed by atoms with van der Waals surface area (Å²) in [5.41, 5.74) is 0.528. The van der Waals surface area contributed by atoms with Crippen LogP contribution in [0.2, 0.25) is 0 Å². The lowest BCUT2D eigenvalue weighted by Crippen LogP contribution is -2.20. The lowest BCUT2D eigenvalue weighted by Gasteiger charge is -2.11. The predicted molar refractivity (Wildman–Crippen MR) is 80.1 cm³/mol. The van der Waals surface area contributed by atoms with Crippen molar-refractivity contribution in [3.05, 3.63) is 48.3 Å². The van der Waals surface area contributed by atoms with Crippen LogP contribution < -0.4 is 19.5 Å². The molecular weight excluding hydrogens is 289 g/mol. The van der Waals surface area contributed by atoms with Crippen molar-refractivity contribution in [3.8, 4) is 17.2 Å². The molecule has 6 heteroatoms. The van der Waals surface area contributed by atoms with Crippen molar-refractivity contribution in [3.63, 3.8) is 0 Å². The standard InChI is InChI=1S/C16H16FNO4/c1-20-14-8-7-11(9-15(14)21-2)18-16(19)10-22-13-6-4-3-5-12(13)17/h3-9H,10H2,1-2H3,(H,18,19). The molecule has 0 spiro atoms. The fraction of sp³-hybridized carbons (Fsp3) is 0.188. The van der Waals surface area contributed by atoms with Crippen LogP contribution in [-0.2, 0) is 4.79 Å². The third-order valence-electron chi connectivity index (χ3n) is 2.86. The maximum absolute atomic E-state index is 13.4. The van der Waals surface area contributed by atoms with E-state index in [4.69, 9.17) is 14.2 Å². The first-order chi connectivity index (χ1) is 10.6. The fourth-order valence-electron chi connectivity index (χ4n) is 1.82. The summed E-state index contributed by atoms with van der Waals surface area (Å²) in [7, 11) is 3.03. The van der Waals surface area contributed by atoms with Gasteiger partial charge in [0.1, 0.15) is 0 Å². The van der Waals surface area contributed by atoms with Crippen LogP contribution in [0.25, 0.3) is 0 Å². The average Bonchev–Trinajstić information content (AvgIpc) is 2.54. The van der Waals surface area contributed by atoms with Gasteiger partial charge in [-0.1, -0.05) is 12.1 Å². The molecule has 0 aliphatic carbocycles. The third kappa shape index (κ3) is 3.88. The van der Waals surface area contributed by atoms with E-state index in [1.807, 2.05) is 0 Å². The summed E-state index contributed by atoms with van der Waals surface area (Å²) in [6.07, 6.45) is 0. The molecule has 2 aromatic rings. The molecule has 1 N–H and O–H groups in total. The number of para-hydroxylation sites is 1. The van der Waals surface area contributed by atoms with Crippen molar-refractivity contribution in [2.45, 2.75) is 0 Å². The Balaban J connectivity index is 1.96. The Bertz CT molecular complexity index is 660. The van der Waals surface area contributed by atoms with E-state index in [-0.39, 0.29) is 12.4 Å². The Hall–Kier alpha value is -2.76. The van der Waals surface area contributed by atoms with Gasteiger partial charge in [-0.2, -0.15) is 0 Å². The van der Waals surface area contributed by atoms with E-state index in [1.165, 1.54) is 26.4 Å². The van der Waals surface area contributed by atoms with Gasteiger partial charge in [-0.25, -0.2) is 4.39 Å². The maximum atomic E-state index is 13.4. The number of carbonyl (C=O) groups is 1. The second-order valence-corrected chi connectivity index (χ2v) is 4.34. The molecule has 0 aliphatic heterocycles. The molecule has 2 aromatic carbocycles. The van der Waals surface area contributed by atoms with E-state index in [2.05, 4.69) is 5.32 Å². The number of hydrogen-bond acceptors (Lipinski definition) is 4. The summed E-state index contributed by atoms with van der Waals surface area (Å²) >= 11 is 0. The zero-order valence-electron chi connectivity index (χ0n) is 12.3. The summed E-state index contributed by atoms with van der Waals surface area (Å²) in [5, 5.41) is 2.64. The molecule has 0 radical (unpaired) electrons. The molecule has 0 aliphatic rings. The zero-order valence-corrected chi connectivity index (χ0v) is 12.3. The van der Waals surface area contributed by atoms with Crippen LogP contribution in [0.5, 0.6) is 17.2 Å². The maximum Gasteiger partial charge on any atom is 0.262 e. The van der Waals surface area contributed by atoms with Gasteiger partial charge in [0, 0.05) is 11.8 Å². The summed E-state index contributed by atoms with van der Waals surface area (Å²) in [6.45, 7) is -0.296. The van der Waals surface area contributed by atoms with E-state index in [9.17, 15) is 9.18 Å². The van der Waals surface area contributed by atoms with Crippen molar-refractivity contribution in [1.29, 1.82) is 0 Å². The van der Waals surface area contributed by atoms with Crippen LogP contribution in [0.3, 0.4) is 0 Å². The number of nitrogens with one attached hydrogen (secondary N) is 1. The molecule has 0 atom stereocenters. The number of halogens is 1. The first-order valence-corrected chi connectivity index (χ1v) is 6.53. The van der Waals surface area contributed by atoms with Crippen LogP contribution >= 0.6 is 0 Å². The van der Waals surface area contributed by atoms with Crippen molar-refractivity contribution in [2.75, 3.05) is 26.1 Å². The fourth-order valence-corrected chi connectivity index (χ4v) is 1.82. The van der Waals surface area contributed by atoms with Crippen LogP contribution in [0.1, 0.15) is 0 Å². The molecule has 22 heavy (non-hydrogen) atoms. The SMILES string of the molecule is COc1ccc(NC(=O)COc2ccccc2F)cc1OC. The Morgan fingerprint density at radius 2 is 1.77 bits per heavy atom. The number of anilines is 1. The number of hydrogen-bond donors (Lipinski definition) is 1. The Kier molecular flexibility index (Phi) is 5.19. The van der Waals surface area contributed by atoms with Crippen LogP contribution in [-0.4, -0.2) is 26.7 Å². The summed E-state index contributed by atoms with van der Waals surface area (Å²) in [4.78, 5) is 11.8. The number of methoxy groups -OCH3 is 2. The Morgan fingerprint density at radius 1 is 1.05 bits per heavy atom. The van der Waals surface area contributed by atoms with Crippen molar-refractivity contribution >= 4 is 11.6 Å². The molecule has 0 heterocycles.